The van der Waals surface area contributed by atoms with Gasteiger partial charge >= 0.3 is 0 Å². The number of carbonyl (C=O) groups is 1. The summed E-state index contributed by atoms with van der Waals surface area (Å²) in [5.41, 5.74) is 0.578. The summed E-state index contributed by atoms with van der Waals surface area (Å²) < 4.78 is 32.5. The molecule has 1 aromatic carbocycles. The van der Waals surface area contributed by atoms with Gasteiger partial charge in [0.15, 0.2) is 0 Å². The minimum absolute atomic E-state index is 0.0760. The Bertz CT molecular complexity index is 782. The Balaban J connectivity index is 1.58. The van der Waals surface area contributed by atoms with Gasteiger partial charge in [-0.2, -0.15) is 0 Å². The number of amides is 1. The second kappa shape index (κ2) is 9.09. The molecule has 1 N–H and O–H groups in total. The minimum Gasteiger partial charge on any atom is -0.376 e. The van der Waals surface area contributed by atoms with Gasteiger partial charge in [0.05, 0.1) is 27.8 Å². The van der Waals surface area contributed by atoms with Gasteiger partial charge in [0.25, 0.3) is 0 Å². The number of nitrogens with one attached hydrogen (secondary N) is 1. The van der Waals surface area contributed by atoms with Gasteiger partial charge in [-0.3, -0.25) is 4.79 Å². The Morgan fingerprint density at radius 2 is 2.04 bits per heavy atom. The lowest BCUT2D eigenvalue weighted by Crippen LogP contribution is -2.46. The third kappa shape index (κ3) is 5.57. The van der Waals surface area contributed by atoms with Crippen LogP contribution < -0.4 is 5.32 Å². The fourth-order valence-corrected chi connectivity index (χ4v) is 5.42. The van der Waals surface area contributed by atoms with Gasteiger partial charge in [-0.1, -0.05) is 29.3 Å². The number of carbonyl (C=O) groups excluding carboxylic acids is 1. The van der Waals surface area contributed by atoms with E-state index in [1.807, 2.05) is 0 Å². The SMILES string of the molecule is O=C(NC[C@H]1CCCO1)[C@@H]1CCCN(S(=O)(=O)Cc2ccc(Cl)c(Cl)c2)C1. The number of piperidine rings is 1. The van der Waals surface area contributed by atoms with Gasteiger partial charge < -0.3 is 10.1 Å². The van der Waals surface area contributed by atoms with Crippen LogP contribution in [0.5, 0.6) is 0 Å². The van der Waals surface area contributed by atoms with Crippen molar-refractivity contribution in [1.29, 1.82) is 0 Å². The molecule has 2 heterocycles. The Morgan fingerprint density at radius 1 is 1.22 bits per heavy atom. The Labute approximate surface area is 170 Å². The first kappa shape index (κ1) is 20.9. The molecule has 0 saturated carbocycles. The van der Waals surface area contributed by atoms with Crippen LogP contribution in [-0.2, 0) is 25.3 Å². The fourth-order valence-electron chi connectivity index (χ4n) is 3.50. The van der Waals surface area contributed by atoms with E-state index in [9.17, 15) is 13.2 Å². The van der Waals surface area contributed by atoms with Crippen LogP contribution in [0.2, 0.25) is 10.0 Å². The molecular weight excluding hydrogens is 411 g/mol. The molecule has 3 rings (SSSR count). The molecule has 0 spiro atoms. The zero-order valence-electron chi connectivity index (χ0n) is 15.0. The predicted molar refractivity (Wildman–Crippen MR) is 105 cm³/mol. The number of rotatable bonds is 6. The van der Waals surface area contributed by atoms with E-state index in [4.69, 9.17) is 27.9 Å². The highest BCUT2D eigenvalue weighted by Gasteiger charge is 2.32. The Hall–Kier alpha value is -0.860. The van der Waals surface area contributed by atoms with E-state index in [0.29, 0.717) is 41.5 Å². The molecule has 2 aliphatic heterocycles. The Kier molecular flexibility index (Phi) is 7.03. The zero-order chi connectivity index (χ0) is 19.4. The lowest BCUT2D eigenvalue weighted by molar-refractivity contribution is -0.126. The first-order valence-corrected chi connectivity index (χ1v) is 11.5. The van der Waals surface area contributed by atoms with Crippen molar-refractivity contribution in [2.45, 2.75) is 37.5 Å². The van der Waals surface area contributed by atoms with Crippen LogP contribution in [0.1, 0.15) is 31.2 Å². The number of sulfonamides is 1. The van der Waals surface area contributed by atoms with Gasteiger partial charge in [-0.15, -0.1) is 0 Å². The molecular formula is C18H24Cl2N2O4S. The van der Waals surface area contributed by atoms with Gasteiger partial charge in [-0.25, -0.2) is 12.7 Å². The van der Waals surface area contributed by atoms with E-state index in [0.717, 1.165) is 19.4 Å². The van der Waals surface area contributed by atoms with E-state index < -0.39 is 10.0 Å². The van der Waals surface area contributed by atoms with Gasteiger partial charge in [-0.05, 0) is 43.4 Å². The summed E-state index contributed by atoms with van der Waals surface area (Å²) in [6.07, 6.45) is 3.40. The van der Waals surface area contributed by atoms with Crippen LogP contribution in [0.15, 0.2) is 18.2 Å². The lowest BCUT2D eigenvalue weighted by Gasteiger charge is -2.31. The maximum absolute atomic E-state index is 12.8. The van der Waals surface area contributed by atoms with Crippen molar-refractivity contribution in [1.82, 2.24) is 9.62 Å². The van der Waals surface area contributed by atoms with E-state index in [1.54, 1.807) is 18.2 Å². The maximum Gasteiger partial charge on any atom is 0.224 e. The monoisotopic (exact) mass is 434 g/mol. The van der Waals surface area contributed by atoms with Crippen LogP contribution in [0, 0.1) is 5.92 Å². The molecule has 0 radical (unpaired) electrons. The first-order valence-electron chi connectivity index (χ1n) is 9.16. The molecule has 9 heteroatoms. The van der Waals surface area contributed by atoms with E-state index in [-0.39, 0.29) is 30.2 Å². The third-order valence-electron chi connectivity index (χ3n) is 5.01. The molecule has 27 heavy (non-hydrogen) atoms. The van der Waals surface area contributed by atoms with Gasteiger partial charge in [0.2, 0.25) is 15.9 Å². The molecule has 150 valence electrons. The van der Waals surface area contributed by atoms with E-state index in [1.165, 1.54) is 4.31 Å². The molecule has 0 bridgehead atoms. The topological polar surface area (TPSA) is 75.7 Å². The van der Waals surface area contributed by atoms with Crippen molar-refractivity contribution >= 4 is 39.1 Å². The molecule has 6 nitrogen and oxygen atoms in total. The Morgan fingerprint density at radius 3 is 2.74 bits per heavy atom. The number of halogens is 2. The van der Waals surface area contributed by atoms with Crippen molar-refractivity contribution in [3.8, 4) is 0 Å². The highest BCUT2D eigenvalue weighted by atomic mass is 35.5. The van der Waals surface area contributed by atoms with Crippen molar-refractivity contribution in [2.75, 3.05) is 26.2 Å². The summed E-state index contributed by atoms with van der Waals surface area (Å²) in [5, 5.41) is 3.63. The normalized spacial score (nSPS) is 24.1. The molecule has 0 unspecified atom stereocenters. The predicted octanol–water partition coefficient (Wildman–Crippen LogP) is 2.83. The summed E-state index contributed by atoms with van der Waals surface area (Å²) in [6.45, 7) is 1.87. The number of benzene rings is 1. The quantitative estimate of drug-likeness (QED) is 0.746. The van der Waals surface area contributed by atoms with Crippen molar-refractivity contribution in [2.24, 2.45) is 5.92 Å². The second-order valence-corrected chi connectivity index (χ2v) is 9.87. The van der Waals surface area contributed by atoms with Gasteiger partial charge in [0.1, 0.15) is 0 Å². The summed E-state index contributed by atoms with van der Waals surface area (Å²) in [7, 11) is -3.54. The van der Waals surface area contributed by atoms with Crippen LogP contribution >= 0.6 is 23.2 Å². The standard InChI is InChI=1S/C18H24Cl2N2O4S/c19-16-6-5-13(9-17(16)20)12-27(24,25)22-7-1-3-14(11-22)18(23)21-10-15-4-2-8-26-15/h5-6,9,14-15H,1-4,7-8,10-12H2,(H,21,23)/t14-,15-/m1/s1. The third-order valence-corrected chi connectivity index (χ3v) is 7.56. The molecule has 2 saturated heterocycles. The summed E-state index contributed by atoms with van der Waals surface area (Å²) in [5.74, 6) is -0.586. The molecule has 1 amide bonds. The van der Waals surface area contributed by atoms with E-state index in [2.05, 4.69) is 5.32 Å². The summed E-state index contributed by atoms with van der Waals surface area (Å²) >= 11 is 11.9. The zero-order valence-corrected chi connectivity index (χ0v) is 17.3. The van der Waals surface area contributed by atoms with Crippen LogP contribution in [0.4, 0.5) is 0 Å². The van der Waals surface area contributed by atoms with Crippen LogP contribution in [0.25, 0.3) is 0 Å². The van der Waals surface area contributed by atoms with Crippen molar-refractivity contribution < 1.29 is 17.9 Å². The molecule has 0 aliphatic carbocycles. The molecule has 1 aromatic rings. The lowest BCUT2D eigenvalue weighted by atomic mass is 9.99. The number of hydrogen-bond donors (Lipinski definition) is 1. The van der Waals surface area contributed by atoms with E-state index >= 15 is 0 Å². The van der Waals surface area contributed by atoms with Gasteiger partial charge in [0, 0.05) is 26.2 Å². The van der Waals surface area contributed by atoms with Crippen LogP contribution in [-0.4, -0.2) is 51.0 Å². The van der Waals surface area contributed by atoms with Crippen molar-refractivity contribution in [3.05, 3.63) is 33.8 Å². The first-order chi connectivity index (χ1) is 12.8. The average molecular weight is 435 g/mol. The minimum atomic E-state index is -3.54. The summed E-state index contributed by atoms with van der Waals surface area (Å²) in [6, 6.07) is 4.81. The number of hydrogen-bond acceptors (Lipinski definition) is 4. The molecule has 2 fully saturated rings. The maximum atomic E-state index is 12.8. The highest BCUT2D eigenvalue weighted by molar-refractivity contribution is 7.88. The van der Waals surface area contributed by atoms with Crippen molar-refractivity contribution in [3.63, 3.8) is 0 Å². The smallest absolute Gasteiger partial charge is 0.224 e. The molecule has 2 aliphatic rings. The number of nitrogens with zero attached hydrogens (tertiary/aromatic N) is 1. The average Bonchev–Trinajstić information content (AvgIpc) is 3.16. The van der Waals surface area contributed by atoms with Crippen LogP contribution in [0.3, 0.4) is 0 Å². The molecule has 0 aromatic heterocycles. The fraction of sp³-hybridized carbons (Fsp3) is 0.611. The largest absolute Gasteiger partial charge is 0.376 e. The summed E-state index contributed by atoms with van der Waals surface area (Å²) in [4.78, 5) is 12.4. The number of ether oxygens (including phenoxy) is 1. The second-order valence-electron chi connectivity index (χ2n) is 7.08. The highest BCUT2D eigenvalue weighted by Crippen LogP contribution is 2.26. The molecule has 2 atom stereocenters.